The summed E-state index contributed by atoms with van der Waals surface area (Å²) in [5.74, 6) is 0.945. The van der Waals surface area contributed by atoms with E-state index in [1.807, 2.05) is 4.90 Å². The van der Waals surface area contributed by atoms with Crippen molar-refractivity contribution in [3.05, 3.63) is 24.2 Å². The number of furan rings is 1. The van der Waals surface area contributed by atoms with Crippen molar-refractivity contribution in [2.45, 2.75) is 45.6 Å². The third-order valence-electron chi connectivity index (χ3n) is 5.40. The molecule has 3 heterocycles. The molecule has 0 saturated carbocycles. The van der Waals surface area contributed by atoms with Gasteiger partial charge in [0.05, 0.1) is 17.7 Å². The van der Waals surface area contributed by atoms with Crippen LogP contribution in [0.2, 0.25) is 0 Å². The lowest BCUT2D eigenvalue weighted by molar-refractivity contribution is -0.127. The molecule has 1 atom stereocenters. The van der Waals surface area contributed by atoms with Crippen molar-refractivity contribution < 1.29 is 14.0 Å². The highest BCUT2D eigenvalue weighted by Gasteiger charge is 2.29. The summed E-state index contributed by atoms with van der Waals surface area (Å²) in [6.45, 7) is 8.86. The third-order valence-corrected chi connectivity index (χ3v) is 5.40. The van der Waals surface area contributed by atoms with Crippen LogP contribution in [0.25, 0.3) is 0 Å². The molecule has 0 radical (unpaired) electrons. The molecule has 2 aliphatic rings. The molecule has 0 aliphatic carbocycles. The van der Waals surface area contributed by atoms with Crippen LogP contribution in [0.1, 0.15) is 49.9 Å². The Kier molecular flexibility index (Phi) is 6.35. The number of amides is 2. The lowest BCUT2D eigenvalue weighted by Gasteiger charge is -2.35. The molecule has 0 bridgehead atoms. The zero-order chi connectivity index (χ0) is 18.5. The van der Waals surface area contributed by atoms with Crippen molar-refractivity contribution >= 4 is 11.8 Å². The number of piperidine rings is 2. The van der Waals surface area contributed by atoms with E-state index in [4.69, 9.17) is 4.42 Å². The Balaban J connectivity index is 1.44. The molecular formula is C20H31N3O3. The van der Waals surface area contributed by atoms with Crippen LogP contribution in [0.3, 0.4) is 0 Å². The number of carbonyl (C=O) groups is 2. The minimum absolute atomic E-state index is 0.0140. The van der Waals surface area contributed by atoms with Crippen molar-refractivity contribution in [3.8, 4) is 0 Å². The Morgan fingerprint density at radius 2 is 2.00 bits per heavy atom. The highest BCUT2D eigenvalue weighted by molar-refractivity contribution is 5.93. The van der Waals surface area contributed by atoms with Gasteiger partial charge in [-0.05, 0) is 44.2 Å². The van der Waals surface area contributed by atoms with Gasteiger partial charge in [0, 0.05) is 32.2 Å². The SMILES string of the molecule is CC(C)CN1CCC[C@H](C(=O)NC2CCN(C(=O)c3ccoc3)CC2)C1. The van der Waals surface area contributed by atoms with Crippen LogP contribution in [0.4, 0.5) is 0 Å². The van der Waals surface area contributed by atoms with Gasteiger partial charge in [0.15, 0.2) is 0 Å². The highest BCUT2D eigenvalue weighted by atomic mass is 16.3. The first kappa shape index (κ1) is 19.0. The molecule has 1 N–H and O–H groups in total. The average molecular weight is 361 g/mol. The summed E-state index contributed by atoms with van der Waals surface area (Å²) >= 11 is 0. The molecule has 3 rings (SSSR count). The molecule has 2 amide bonds. The lowest BCUT2D eigenvalue weighted by Crippen LogP contribution is -2.50. The van der Waals surface area contributed by atoms with Crippen LogP contribution >= 0.6 is 0 Å². The zero-order valence-corrected chi connectivity index (χ0v) is 15.9. The van der Waals surface area contributed by atoms with Crippen molar-refractivity contribution in [1.82, 2.24) is 15.1 Å². The quantitative estimate of drug-likeness (QED) is 0.874. The molecule has 6 nitrogen and oxygen atoms in total. The predicted octanol–water partition coefficient (Wildman–Crippen LogP) is 2.37. The maximum Gasteiger partial charge on any atom is 0.257 e. The topological polar surface area (TPSA) is 65.8 Å². The maximum atomic E-state index is 12.7. The molecule has 2 saturated heterocycles. The average Bonchev–Trinajstić information content (AvgIpc) is 3.16. The van der Waals surface area contributed by atoms with Gasteiger partial charge >= 0.3 is 0 Å². The Hall–Kier alpha value is -1.82. The summed E-state index contributed by atoms with van der Waals surface area (Å²) in [6.07, 6.45) is 6.73. The second-order valence-electron chi connectivity index (χ2n) is 8.08. The minimum atomic E-state index is 0.0140. The second kappa shape index (κ2) is 8.71. The molecule has 0 spiro atoms. The predicted molar refractivity (Wildman–Crippen MR) is 99.8 cm³/mol. The van der Waals surface area contributed by atoms with Gasteiger partial charge in [-0.3, -0.25) is 9.59 Å². The summed E-state index contributed by atoms with van der Waals surface area (Å²) in [6, 6.07) is 1.87. The van der Waals surface area contributed by atoms with E-state index < -0.39 is 0 Å². The lowest BCUT2D eigenvalue weighted by atomic mass is 9.95. The monoisotopic (exact) mass is 361 g/mol. The van der Waals surface area contributed by atoms with Gasteiger partial charge in [0.1, 0.15) is 6.26 Å². The molecule has 26 heavy (non-hydrogen) atoms. The van der Waals surface area contributed by atoms with Crippen molar-refractivity contribution in [1.29, 1.82) is 0 Å². The van der Waals surface area contributed by atoms with Crippen molar-refractivity contribution in [2.24, 2.45) is 11.8 Å². The zero-order valence-electron chi connectivity index (χ0n) is 15.9. The number of carbonyl (C=O) groups excluding carboxylic acids is 2. The van der Waals surface area contributed by atoms with Crippen LogP contribution in [0, 0.1) is 11.8 Å². The molecule has 6 heteroatoms. The summed E-state index contributed by atoms with van der Waals surface area (Å²) in [5.41, 5.74) is 0.597. The van der Waals surface area contributed by atoms with Crippen molar-refractivity contribution in [3.63, 3.8) is 0 Å². The smallest absolute Gasteiger partial charge is 0.257 e. The van der Waals surface area contributed by atoms with E-state index in [9.17, 15) is 9.59 Å². The van der Waals surface area contributed by atoms with E-state index in [1.54, 1.807) is 6.07 Å². The van der Waals surface area contributed by atoms with Crippen LogP contribution < -0.4 is 5.32 Å². The van der Waals surface area contributed by atoms with Crippen molar-refractivity contribution in [2.75, 3.05) is 32.7 Å². The molecule has 2 aliphatic heterocycles. The fourth-order valence-corrected chi connectivity index (χ4v) is 4.07. The van der Waals surface area contributed by atoms with Gasteiger partial charge in [-0.15, -0.1) is 0 Å². The molecule has 144 valence electrons. The van der Waals surface area contributed by atoms with E-state index >= 15 is 0 Å². The van der Waals surface area contributed by atoms with Crippen LogP contribution in [-0.4, -0.2) is 60.4 Å². The standard InChI is InChI=1S/C20H31N3O3/c1-15(2)12-22-8-3-4-16(13-22)19(24)21-18-5-9-23(10-6-18)20(25)17-7-11-26-14-17/h7,11,14-16,18H,3-6,8-10,12-13H2,1-2H3,(H,21,24)/t16-/m0/s1. The van der Waals surface area contributed by atoms with Gasteiger partial charge in [0.25, 0.3) is 5.91 Å². The molecule has 2 fully saturated rings. The van der Waals surface area contributed by atoms with Crippen LogP contribution in [0.5, 0.6) is 0 Å². The first-order chi connectivity index (χ1) is 12.5. The van der Waals surface area contributed by atoms with Crippen LogP contribution in [-0.2, 0) is 4.79 Å². The van der Waals surface area contributed by atoms with Crippen LogP contribution in [0.15, 0.2) is 23.0 Å². The molecule has 0 aromatic carbocycles. The van der Waals surface area contributed by atoms with E-state index in [-0.39, 0.29) is 23.8 Å². The first-order valence-electron chi connectivity index (χ1n) is 9.87. The molecule has 1 aromatic rings. The Morgan fingerprint density at radius 3 is 2.65 bits per heavy atom. The van der Waals surface area contributed by atoms with E-state index in [0.29, 0.717) is 24.6 Å². The molecule has 0 unspecified atom stereocenters. The Bertz CT molecular complexity index is 591. The normalized spacial score (nSPS) is 22.6. The van der Waals surface area contributed by atoms with Gasteiger partial charge in [0.2, 0.25) is 5.91 Å². The Morgan fingerprint density at radius 1 is 1.23 bits per heavy atom. The summed E-state index contributed by atoms with van der Waals surface area (Å²) in [7, 11) is 0. The highest BCUT2D eigenvalue weighted by Crippen LogP contribution is 2.20. The maximum absolute atomic E-state index is 12.7. The fraction of sp³-hybridized carbons (Fsp3) is 0.700. The van der Waals surface area contributed by atoms with Gasteiger partial charge < -0.3 is 19.5 Å². The number of nitrogens with one attached hydrogen (secondary N) is 1. The third kappa shape index (κ3) is 4.87. The number of hydrogen-bond acceptors (Lipinski definition) is 4. The van der Waals surface area contributed by atoms with Gasteiger partial charge in [-0.2, -0.15) is 0 Å². The number of likely N-dealkylation sites (tertiary alicyclic amines) is 2. The molecule has 1 aromatic heterocycles. The number of nitrogens with zero attached hydrogens (tertiary/aromatic N) is 2. The van der Waals surface area contributed by atoms with E-state index in [0.717, 1.165) is 45.3 Å². The van der Waals surface area contributed by atoms with E-state index in [2.05, 4.69) is 24.1 Å². The summed E-state index contributed by atoms with van der Waals surface area (Å²) in [5, 5.41) is 3.23. The number of hydrogen-bond donors (Lipinski definition) is 1. The first-order valence-corrected chi connectivity index (χ1v) is 9.87. The fourth-order valence-electron chi connectivity index (χ4n) is 4.07. The summed E-state index contributed by atoms with van der Waals surface area (Å²) in [4.78, 5) is 29.3. The number of rotatable bonds is 5. The summed E-state index contributed by atoms with van der Waals surface area (Å²) < 4.78 is 4.99. The molecular weight excluding hydrogens is 330 g/mol. The largest absolute Gasteiger partial charge is 0.472 e. The van der Waals surface area contributed by atoms with Gasteiger partial charge in [-0.25, -0.2) is 0 Å². The minimum Gasteiger partial charge on any atom is -0.472 e. The Labute approximate surface area is 155 Å². The van der Waals surface area contributed by atoms with Gasteiger partial charge in [-0.1, -0.05) is 13.8 Å². The second-order valence-corrected chi connectivity index (χ2v) is 8.08. The van der Waals surface area contributed by atoms with E-state index in [1.165, 1.54) is 12.5 Å².